The van der Waals surface area contributed by atoms with Gasteiger partial charge in [0.25, 0.3) is 11.8 Å². The second-order valence-electron chi connectivity index (χ2n) is 7.84. The van der Waals surface area contributed by atoms with Crippen LogP contribution in [-0.2, 0) is 19.1 Å². The number of thiophene rings is 1. The molecule has 0 saturated carbocycles. The predicted molar refractivity (Wildman–Crippen MR) is 121 cm³/mol. The first-order valence-corrected chi connectivity index (χ1v) is 11.3. The van der Waals surface area contributed by atoms with Gasteiger partial charge in [0.2, 0.25) is 5.91 Å². The third-order valence-electron chi connectivity index (χ3n) is 5.25. The van der Waals surface area contributed by atoms with Gasteiger partial charge in [0.05, 0.1) is 17.3 Å². The molecule has 1 aliphatic heterocycles. The monoisotopic (exact) mass is 457 g/mol. The van der Waals surface area contributed by atoms with Crippen LogP contribution in [0.15, 0.2) is 41.8 Å². The van der Waals surface area contributed by atoms with Gasteiger partial charge in [0.1, 0.15) is 0 Å². The van der Waals surface area contributed by atoms with Crippen LogP contribution in [0.5, 0.6) is 0 Å². The second kappa shape index (κ2) is 10.9. The Morgan fingerprint density at radius 2 is 1.94 bits per heavy atom. The summed E-state index contributed by atoms with van der Waals surface area (Å²) in [6.45, 7) is 2.22. The Hall–Kier alpha value is -3.20. The molecule has 2 aromatic rings. The number of hydrogen-bond acceptors (Lipinski definition) is 6. The first-order valence-electron chi connectivity index (χ1n) is 10.4. The average molecular weight is 458 g/mol. The van der Waals surface area contributed by atoms with Gasteiger partial charge >= 0.3 is 5.97 Å². The van der Waals surface area contributed by atoms with E-state index in [9.17, 15) is 19.2 Å². The summed E-state index contributed by atoms with van der Waals surface area (Å²) in [5, 5.41) is 4.56. The molecule has 1 atom stereocenters. The molecular weight excluding hydrogens is 430 g/mol. The zero-order valence-corrected chi connectivity index (χ0v) is 19.0. The van der Waals surface area contributed by atoms with Crippen LogP contribution in [0.25, 0.3) is 0 Å². The lowest BCUT2D eigenvalue weighted by Gasteiger charge is -2.31. The SMILES string of the molecule is Cc1ccc(NC(=O)CN(C)C(=O)COC(=O)C2CCCN(C(=O)c3cccs3)C2)cc1. The Balaban J connectivity index is 1.43. The van der Waals surface area contributed by atoms with E-state index in [2.05, 4.69) is 5.32 Å². The molecule has 1 saturated heterocycles. The van der Waals surface area contributed by atoms with Gasteiger partial charge in [-0.15, -0.1) is 11.3 Å². The van der Waals surface area contributed by atoms with E-state index >= 15 is 0 Å². The number of nitrogens with one attached hydrogen (secondary N) is 1. The number of benzene rings is 1. The molecule has 8 nitrogen and oxygen atoms in total. The van der Waals surface area contributed by atoms with Crippen molar-refractivity contribution in [2.24, 2.45) is 5.92 Å². The molecule has 32 heavy (non-hydrogen) atoms. The summed E-state index contributed by atoms with van der Waals surface area (Å²) in [5.41, 5.74) is 1.72. The standard InChI is InChI=1S/C23H27N3O5S/c1-16-7-9-18(10-8-16)24-20(27)14-25(2)21(28)15-31-23(30)17-5-3-11-26(13-17)22(29)19-6-4-12-32-19/h4,6-10,12,17H,3,5,11,13-15H2,1-2H3,(H,24,27). The van der Waals surface area contributed by atoms with Crippen molar-refractivity contribution in [3.63, 3.8) is 0 Å². The van der Waals surface area contributed by atoms with Crippen molar-refractivity contribution in [2.75, 3.05) is 38.6 Å². The maximum atomic E-state index is 12.5. The normalized spacial score (nSPS) is 15.7. The molecule has 1 aromatic carbocycles. The summed E-state index contributed by atoms with van der Waals surface area (Å²) in [6.07, 6.45) is 1.31. The first-order chi connectivity index (χ1) is 15.3. The predicted octanol–water partition coefficient (Wildman–Crippen LogP) is 2.55. The van der Waals surface area contributed by atoms with Crippen LogP contribution in [0.3, 0.4) is 0 Å². The lowest BCUT2D eigenvalue weighted by atomic mass is 9.98. The number of anilines is 1. The molecule has 1 aromatic heterocycles. The van der Waals surface area contributed by atoms with Gasteiger partial charge in [-0.25, -0.2) is 0 Å². The molecule has 1 unspecified atom stereocenters. The molecule has 3 rings (SSSR count). The number of hydrogen-bond donors (Lipinski definition) is 1. The number of amides is 3. The molecule has 1 fully saturated rings. The molecule has 0 bridgehead atoms. The van der Waals surface area contributed by atoms with Gasteiger partial charge in [-0.2, -0.15) is 0 Å². The number of rotatable bonds is 7. The van der Waals surface area contributed by atoms with Crippen molar-refractivity contribution in [1.29, 1.82) is 0 Å². The third kappa shape index (κ3) is 6.40. The molecule has 0 aliphatic carbocycles. The number of likely N-dealkylation sites (tertiary alicyclic amines) is 1. The molecule has 2 heterocycles. The van der Waals surface area contributed by atoms with Crippen LogP contribution >= 0.6 is 11.3 Å². The van der Waals surface area contributed by atoms with Gasteiger partial charge in [-0.1, -0.05) is 23.8 Å². The minimum atomic E-state index is -0.500. The van der Waals surface area contributed by atoms with Crippen LogP contribution in [0.2, 0.25) is 0 Å². The van der Waals surface area contributed by atoms with E-state index in [0.717, 1.165) is 5.56 Å². The fourth-order valence-electron chi connectivity index (χ4n) is 3.41. The summed E-state index contributed by atoms with van der Waals surface area (Å²) in [4.78, 5) is 52.9. The number of piperidine rings is 1. The molecule has 170 valence electrons. The van der Waals surface area contributed by atoms with Gasteiger partial charge in [-0.3, -0.25) is 19.2 Å². The molecule has 1 aliphatic rings. The summed E-state index contributed by atoms with van der Waals surface area (Å²) < 4.78 is 5.20. The molecule has 9 heteroatoms. The molecule has 1 N–H and O–H groups in total. The van der Waals surface area contributed by atoms with Crippen LogP contribution in [0.1, 0.15) is 28.1 Å². The number of ether oxygens (including phenoxy) is 1. The van der Waals surface area contributed by atoms with Crippen LogP contribution in [0, 0.1) is 12.8 Å². The number of aryl methyl sites for hydroxylation is 1. The van der Waals surface area contributed by atoms with Gasteiger partial charge in [0.15, 0.2) is 6.61 Å². The van der Waals surface area contributed by atoms with E-state index in [1.807, 2.05) is 30.5 Å². The Morgan fingerprint density at radius 3 is 2.62 bits per heavy atom. The molecule has 0 spiro atoms. The van der Waals surface area contributed by atoms with Crippen LogP contribution in [0.4, 0.5) is 5.69 Å². The zero-order chi connectivity index (χ0) is 23.1. The highest BCUT2D eigenvalue weighted by molar-refractivity contribution is 7.12. The Labute approximate surface area is 191 Å². The largest absolute Gasteiger partial charge is 0.455 e. The van der Waals surface area contributed by atoms with Crippen molar-refractivity contribution in [1.82, 2.24) is 9.80 Å². The van der Waals surface area contributed by atoms with E-state index < -0.39 is 24.4 Å². The smallest absolute Gasteiger partial charge is 0.311 e. The maximum absolute atomic E-state index is 12.5. The van der Waals surface area contributed by atoms with Crippen LogP contribution < -0.4 is 5.32 Å². The first kappa shape index (κ1) is 23.5. The summed E-state index contributed by atoms with van der Waals surface area (Å²) in [7, 11) is 1.48. The highest BCUT2D eigenvalue weighted by Crippen LogP contribution is 2.21. The topological polar surface area (TPSA) is 96.0 Å². The van der Waals surface area contributed by atoms with Gasteiger partial charge in [-0.05, 0) is 43.3 Å². The van der Waals surface area contributed by atoms with Crippen molar-refractivity contribution >= 4 is 40.7 Å². The number of esters is 1. The van der Waals surface area contributed by atoms with E-state index in [4.69, 9.17) is 4.74 Å². The minimum absolute atomic E-state index is 0.0899. The van der Waals surface area contributed by atoms with E-state index in [1.54, 1.807) is 23.1 Å². The third-order valence-corrected chi connectivity index (χ3v) is 6.11. The Morgan fingerprint density at radius 1 is 1.19 bits per heavy atom. The van der Waals surface area contributed by atoms with Crippen molar-refractivity contribution in [2.45, 2.75) is 19.8 Å². The summed E-state index contributed by atoms with van der Waals surface area (Å²) in [6, 6.07) is 10.9. The molecular formula is C23H27N3O5S. The van der Waals surface area contributed by atoms with Gasteiger partial charge in [0, 0.05) is 25.8 Å². The van der Waals surface area contributed by atoms with Crippen molar-refractivity contribution < 1.29 is 23.9 Å². The fraction of sp³-hybridized carbons (Fsp3) is 0.391. The lowest BCUT2D eigenvalue weighted by Crippen LogP contribution is -2.43. The summed E-state index contributed by atoms with van der Waals surface area (Å²) >= 11 is 1.37. The number of nitrogens with zero attached hydrogens (tertiary/aromatic N) is 2. The van der Waals surface area contributed by atoms with E-state index in [1.165, 1.54) is 23.3 Å². The number of carbonyl (C=O) groups excluding carboxylic acids is 4. The lowest BCUT2D eigenvalue weighted by molar-refractivity contribution is -0.156. The number of carbonyl (C=O) groups is 4. The van der Waals surface area contributed by atoms with Gasteiger partial charge < -0.3 is 19.9 Å². The zero-order valence-electron chi connectivity index (χ0n) is 18.2. The summed E-state index contributed by atoms with van der Waals surface area (Å²) in [5.74, 6) is -1.87. The Bertz CT molecular complexity index is 959. The van der Waals surface area contributed by atoms with Crippen LogP contribution in [-0.4, -0.2) is 66.8 Å². The molecule has 3 amide bonds. The number of likely N-dealkylation sites (N-methyl/N-ethyl adjacent to an activating group) is 1. The minimum Gasteiger partial charge on any atom is -0.455 e. The van der Waals surface area contributed by atoms with E-state index in [-0.39, 0.29) is 24.9 Å². The second-order valence-corrected chi connectivity index (χ2v) is 8.79. The fourth-order valence-corrected chi connectivity index (χ4v) is 4.10. The maximum Gasteiger partial charge on any atom is 0.311 e. The Kier molecular flexibility index (Phi) is 7.99. The van der Waals surface area contributed by atoms with Crippen molar-refractivity contribution in [3.05, 3.63) is 52.2 Å². The van der Waals surface area contributed by atoms with Crippen molar-refractivity contribution in [3.8, 4) is 0 Å². The molecule has 0 radical (unpaired) electrons. The highest BCUT2D eigenvalue weighted by atomic mass is 32.1. The van der Waals surface area contributed by atoms with E-state index in [0.29, 0.717) is 30.0 Å². The quantitative estimate of drug-likeness (QED) is 0.645. The highest BCUT2D eigenvalue weighted by Gasteiger charge is 2.30. The average Bonchev–Trinajstić information content (AvgIpc) is 3.33.